The van der Waals surface area contributed by atoms with Gasteiger partial charge in [0.15, 0.2) is 11.1 Å². The summed E-state index contributed by atoms with van der Waals surface area (Å²) in [5, 5.41) is 3.38. The number of benzene rings is 1. The number of amidine groups is 1. The van der Waals surface area contributed by atoms with Crippen LogP contribution in [0.15, 0.2) is 49.1 Å². The molecule has 5 nitrogen and oxygen atoms in total. The molecular weight excluding hydrogens is 414 g/mol. The van der Waals surface area contributed by atoms with E-state index in [0.717, 1.165) is 34.7 Å². The number of nitrogens with zero attached hydrogens (tertiary/aromatic N) is 2. The van der Waals surface area contributed by atoms with Gasteiger partial charge in [0.2, 0.25) is 0 Å². The van der Waals surface area contributed by atoms with E-state index in [1.165, 1.54) is 11.8 Å². The molecule has 2 heterocycles. The van der Waals surface area contributed by atoms with Gasteiger partial charge < -0.3 is 14.6 Å². The Bertz CT molecular complexity index is 885. The van der Waals surface area contributed by atoms with Gasteiger partial charge in [-0.05, 0) is 62.4 Å². The monoisotopic (exact) mass is 433 g/mol. The van der Waals surface area contributed by atoms with E-state index in [1.807, 2.05) is 37.3 Å². The molecule has 0 atom stereocenters. The molecule has 1 aliphatic heterocycles. The number of hydrogen-bond donors (Lipinski definition) is 1. The number of anilines is 1. The normalized spacial score (nSPS) is 17.2. The van der Waals surface area contributed by atoms with Gasteiger partial charge in [0.1, 0.15) is 5.76 Å². The third-order valence-corrected chi connectivity index (χ3v) is 5.40. The van der Waals surface area contributed by atoms with Gasteiger partial charge >= 0.3 is 0 Å². The average Bonchev–Trinajstić information content (AvgIpc) is 3.19. The summed E-state index contributed by atoms with van der Waals surface area (Å²) in [6.45, 7) is 7.89. The van der Waals surface area contributed by atoms with Gasteiger partial charge in [-0.3, -0.25) is 4.79 Å². The van der Waals surface area contributed by atoms with E-state index in [-0.39, 0.29) is 5.91 Å². The van der Waals surface area contributed by atoms with Crippen LogP contribution in [0.2, 0.25) is 0 Å². The van der Waals surface area contributed by atoms with Crippen molar-refractivity contribution >= 4 is 56.4 Å². The SMILES string of the molecule is CCN(CC)c1ccc(/C=C2\SC(=Nc3ccc(Br)cc3C)NC2=O)o1. The van der Waals surface area contributed by atoms with Gasteiger partial charge in [-0.25, -0.2) is 4.99 Å². The number of carbonyl (C=O) groups excluding carboxylic acids is 1. The van der Waals surface area contributed by atoms with Crippen LogP contribution >= 0.6 is 27.7 Å². The molecule has 3 rings (SSSR count). The summed E-state index contributed by atoms with van der Waals surface area (Å²) in [6, 6.07) is 9.65. The molecular formula is C19H20BrN3O2S. The van der Waals surface area contributed by atoms with Crippen LogP contribution < -0.4 is 10.2 Å². The summed E-state index contributed by atoms with van der Waals surface area (Å²) in [7, 11) is 0. The lowest BCUT2D eigenvalue weighted by Gasteiger charge is -2.16. The molecule has 0 aliphatic carbocycles. The van der Waals surface area contributed by atoms with Crippen LogP contribution in [0.1, 0.15) is 25.2 Å². The van der Waals surface area contributed by atoms with Crippen LogP contribution in [0, 0.1) is 6.92 Å². The predicted octanol–water partition coefficient (Wildman–Crippen LogP) is 5.09. The van der Waals surface area contributed by atoms with Crippen molar-refractivity contribution in [3.63, 3.8) is 0 Å². The van der Waals surface area contributed by atoms with Gasteiger partial charge in [0.25, 0.3) is 5.91 Å². The lowest BCUT2D eigenvalue weighted by Crippen LogP contribution is -2.20. The Kier molecular flexibility index (Phi) is 5.88. The zero-order valence-corrected chi connectivity index (χ0v) is 17.3. The number of thioether (sulfide) groups is 1. The Hall–Kier alpha value is -1.99. The number of halogens is 1. The van der Waals surface area contributed by atoms with Crippen molar-refractivity contribution in [1.82, 2.24) is 5.32 Å². The van der Waals surface area contributed by atoms with Crippen LogP contribution in [-0.2, 0) is 4.79 Å². The maximum Gasteiger partial charge on any atom is 0.264 e. The van der Waals surface area contributed by atoms with Crippen molar-refractivity contribution in [2.24, 2.45) is 4.99 Å². The van der Waals surface area contributed by atoms with Crippen molar-refractivity contribution in [2.45, 2.75) is 20.8 Å². The summed E-state index contributed by atoms with van der Waals surface area (Å²) in [5.41, 5.74) is 1.87. The number of furan rings is 1. The zero-order valence-electron chi connectivity index (χ0n) is 14.9. The summed E-state index contributed by atoms with van der Waals surface area (Å²) in [4.78, 5) is 19.5. The van der Waals surface area contributed by atoms with Crippen LogP contribution in [0.5, 0.6) is 0 Å². The van der Waals surface area contributed by atoms with Gasteiger partial charge in [-0.2, -0.15) is 0 Å². The molecule has 7 heteroatoms. The van der Waals surface area contributed by atoms with Crippen molar-refractivity contribution in [2.75, 3.05) is 18.0 Å². The fourth-order valence-corrected chi connectivity index (χ4v) is 3.88. The average molecular weight is 434 g/mol. The number of nitrogens with one attached hydrogen (secondary N) is 1. The second-order valence-corrected chi connectivity index (χ2v) is 7.71. The Morgan fingerprint density at radius 1 is 1.27 bits per heavy atom. The molecule has 1 saturated heterocycles. The van der Waals surface area contributed by atoms with Crippen LogP contribution in [0.4, 0.5) is 11.6 Å². The molecule has 1 aromatic carbocycles. The molecule has 2 aromatic rings. The fraction of sp³-hybridized carbons (Fsp3) is 0.263. The minimum absolute atomic E-state index is 0.163. The van der Waals surface area contributed by atoms with E-state index >= 15 is 0 Å². The fourth-order valence-electron chi connectivity index (χ4n) is 2.59. The molecule has 1 aliphatic rings. The number of amides is 1. The van der Waals surface area contributed by atoms with Gasteiger partial charge in [-0.15, -0.1) is 0 Å². The van der Waals surface area contributed by atoms with E-state index in [0.29, 0.717) is 15.8 Å². The summed E-state index contributed by atoms with van der Waals surface area (Å²) in [6.07, 6.45) is 1.75. The van der Waals surface area contributed by atoms with Gasteiger partial charge in [0.05, 0.1) is 10.6 Å². The molecule has 0 saturated carbocycles. The first-order valence-corrected chi connectivity index (χ1v) is 10.0. The molecule has 136 valence electrons. The molecule has 1 N–H and O–H groups in total. The van der Waals surface area contributed by atoms with E-state index < -0.39 is 0 Å². The predicted molar refractivity (Wildman–Crippen MR) is 112 cm³/mol. The maximum absolute atomic E-state index is 12.2. The molecule has 1 fully saturated rings. The minimum atomic E-state index is -0.163. The second-order valence-electron chi connectivity index (χ2n) is 5.76. The van der Waals surface area contributed by atoms with Crippen LogP contribution in [0.3, 0.4) is 0 Å². The van der Waals surface area contributed by atoms with Crippen molar-refractivity contribution in [3.05, 3.63) is 51.0 Å². The summed E-state index contributed by atoms with van der Waals surface area (Å²) in [5.74, 6) is 1.31. The first-order valence-electron chi connectivity index (χ1n) is 8.40. The van der Waals surface area contributed by atoms with E-state index in [4.69, 9.17) is 4.42 Å². The quantitative estimate of drug-likeness (QED) is 0.667. The third-order valence-electron chi connectivity index (χ3n) is 3.99. The number of aryl methyl sites for hydroxylation is 1. The second kappa shape index (κ2) is 8.14. The highest BCUT2D eigenvalue weighted by Gasteiger charge is 2.24. The highest BCUT2D eigenvalue weighted by atomic mass is 79.9. The topological polar surface area (TPSA) is 57.8 Å². The lowest BCUT2D eigenvalue weighted by atomic mass is 10.2. The third kappa shape index (κ3) is 4.22. The highest BCUT2D eigenvalue weighted by molar-refractivity contribution is 9.10. The first-order chi connectivity index (χ1) is 12.5. The number of hydrogen-bond acceptors (Lipinski definition) is 5. The molecule has 26 heavy (non-hydrogen) atoms. The maximum atomic E-state index is 12.2. The first kappa shape index (κ1) is 18.8. The van der Waals surface area contributed by atoms with Crippen molar-refractivity contribution in [3.8, 4) is 0 Å². The molecule has 0 unspecified atom stereocenters. The Morgan fingerprint density at radius 2 is 2.04 bits per heavy atom. The highest BCUT2D eigenvalue weighted by Crippen LogP contribution is 2.31. The van der Waals surface area contributed by atoms with Crippen molar-refractivity contribution in [1.29, 1.82) is 0 Å². The number of aliphatic imine (C=N–C) groups is 1. The lowest BCUT2D eigenvalue weighted by molar-refractivity contribution is -0.115. The molecule has 1 amide bonds. The van der Waals surface area contributed by atoms with Crippen LogP contribution in [-0.4, -0.2) is 24.2 Å². The number of carbonyl (C=O) groups is 1. The standard InChI is InChI=1S/C19H20BrN3O2S/c1-4-23(5-2)17-9-7-14(25-17)11-16-18(24)22-19(26-16)21-15-8-6-13(20)10-12(15)3/h6-11H,4-5H2,1-3H3,(H,21,22,24)/b16-11-. The molecule has 0 spiro atoms. The molecule has 1 aromatic heterocycles. The Labute approximate surface area is 165 Å². The number of rotatable bonds is 5. The molecule has 0 bridgehead atoms. The summed E-state index contributed by atoms with van der Waals surface area (Å²) < 4.78 is 6.84. The van der Waals surface area contributed by atoms with Crippen LogP contribution in [0.25, 0.3) is 6.08 Å². The van der Waals surface area contributed by atoms with Gasteiger partial charge in [0, 0.05) is 29.7 Å². The minimum Gasteiger partial charge on any atom is -0.441 e. The Morgan fingerprint density at radius 3 is 2.73 bits per heavy atom. The van der Waals surface area contributed by atoms with E-state index in [1.54, 1.807) is 6.08 Å². The largest absolute Gasteiger partial charge is 0.441 e. The Balaban J connectivity index is 1.79. The summed E-state index contributed by atoms with van der Waals surface area (Å²) >= 11 is 4.76. The molecule has 0 radical (unpaired) electrons. The van der Waals surface area contributed by atoms with E-state index in [2.05, 4.69) is 45.0 Å². The van der Waals surface area contributed by atoms with Crippen molar-refractivity contribution < 1.29 is 9.21 Å². The van der Waals surface area contributed by atoms with Gasteiger partial charge in [-0.1, -0.05) is 15.9 Å². The van der Waals surface area contributed by atoms with E-state index in [9.17, 15) is 4.79 Å². The smallest absolute Gasteiger partial charge is 0.264 e. The zero-order chi connectivity index (χ0) is 18.7.